The Labute approximate surface area is 142 Å². The fourth-order valence-electron chi connectivity index (χ4n) is 3.12. The first-order valence-corrected chi connectivity index (χ1v) is 9.18. The molecule has 1 aliphatic rings. The van der Waals surface area contributed by atoms with E-state index in [-0.39, 0.29) is 5.91 Å². The average Bonchev–Trinajstić information content (AvgIpc) is 2.98. The van der Waals surface area contributed by atoms with Gasteiger partial charge in [0.2, 0.25) is 0 Å². The van der Waals surface area contributed by atoms with Crippen LogP contribution in [0.4, 0.5) is 0 Å². The highest BCUT2D eigenvalue weighted by atomic mass is 32.1. The van der Waals surface area contributed by atoms with Crippen LogP contribution in [-0.4, -0.2) is 36.5 Å². The van der Waals surface area contributed by atoms with E-state index >= 15 is 0 Å². The van der Waals surface area contributed by atoms with Crippen molar-refractivity contribution in [3.8, 4) is 10.4 Å². The molecule has 3 nitrogen and oxygen atoms in total. The van der Waals surface area contributed by atoms with Gasteiger partial charge in [-0.3, -0.25) is 4.79 Å². The largest absolute Gasteiger partial charge is 0.349 e. The third-order valence-corrected chi connectivity index (χ3v) is 5.83. The number of nitrogens with one attached hydrogen (secondary N) is 1. The molecule has 0 unspecified atom stereocenters. The Morgan fingerprint density at radius 1 is 1.26 bits per heavy atom. The van der Waals surface area contributed by atoms with Crippen molar-refractivity contribution in [3.05, 3.63) is 46.8 Å². The molecule has 1 aromatic carbocycles. The van der Waals surface area contributed by atoms with Crippen molar-refractivity contribution < 1.29 is 4.79 Å². The van der Waals surface area contributed by atoms with Crippen LogP contribution in [0.3, 0.4) is 0 Å². The lowest BCUT2D eigenvalue weighted by atomic mass is 10.1. The van der Waals surface area contributed by atoms with Crippen LogP contribution in [0.25, 0.3) is 10.4 Å². The molecule has 0 spiro atoms. The zero-order chi connectivity index (χ0) is 16.2. The van der Waals surface area contributed by atoms with Gasteiger partial charge in [0.05, 0.1) is 4.88 Å². The summed E-state index contributed by atoms with van der Waals surface area (Å²) in [6, 6.07) is 12.6. The highest BCUT2D eigenvalue weighted by molar-refractivity contribution is 7.17. The highest BCUT2D eigenvalue weighted by Crippen LogP contribution is 2.32. The molecule has 23 heavy (non-hydrogen) atoms. The average molecular weight is 328 g/mol. The van der Waals surface area contributed by atoms with Crippen molar-refractivity contribution in [2.75, 3.05) is 19.6 Å². The highest BCUT2D eigenvalue weighted by Gasteiger charge is 2.21. The second-order valence-corrected chi connectivity index (χ2v) is 7.22. The summed E-state index contributed by atoms with van der Waals surface area (Å²) >= 11 is 1.59. The Kier molecular flexibility index (Phi) is 5.13. The lowest BCUT2D eigenvalue weighted by Crippen LogP contribution is -2.44. The Morgan fingerprint density at radius 2 is 1.96 bits per heavy atom. The maximum atomic E-state index is 12.5. The monoisotopic (exact) mass is 328 g/mol. The van der Waals surface area contributed by atoms with Crippen LogP contribution in [0.15, 0.2) is 36.4 Å². The minimum atomic E-state index is 0.0789. The Balaban J connectivity index is 1.67. The lowest BCUT2D eigenvalue weighted by molar-refractivity contribution is 0.0917. The second kappa shape index (κ2) is 7.28. The van der Waals surface area contributed by atoms with E-state index in [1.807, 2.05) is 24.3 Å². The summed E-state index contributed by atoms with van der Waals surface area (Å²) in [7, 11) is 0. The maximum Gasteiger partial charge on any atom is 0.261 e. The number of hydrogen-bond donors (Lipinski definition) is 1. The molecule has 2 aromatic rings. The van der Waals surface area contributed by atoms with Crippen LogP contribution in [0, 0.1) is 6.92 Å². The van der Waals surface area contributed by atoms with Crippen molar-refractivity contribution >= 4 is 17.2 Å². The van der Waals surface area contributed by atoms with E-state index in [0.29, 0.717) is 6.04 Å². The van der Waals surface area contributed by atoms with Crippen LogP contribution < -0.4 is 5.32 Å². The normalized spacial score (nSPS) is 16.4. The van der Waals surface area contributed by atoms with E-state index in [9.17, 15) is 4.79 Å². The zero-order valence-electron chi connectivity index (χ0n) is 13.8. The Hall–Kier alpha value is -1.65. The maximum absolute atomic E-state index is 12.5. The Morgan fingerprint density at radius 3 is 2.61 bits per heavy atom. The van der Waals surface area contributed by atoms with E-state index in [1.165, 1.54) is 16.0 Å². The van der Waals surface area contributed by atoms with Gasteiger partial charge in [0.15, 0.2) is 0 Å². The number of carbonyl (C=O) groups excluding carboxylic acids is 1. The summed E-state index contributed by atoms with van der Waals surface area (Å²) in [5, 5.41) is 3.22. The number of likely N-dealkylation sites (tertiary alicyclic amines) is 1. The fourth-order valence-corrected chi connectivity index (χ4v) is 4.20. The molecule has 0 saturated carbocycles. The summed E-state index contributed by atoms with van der Waals surface area (Å²) < 4.78 is 0. The van der Waals surface area contributed by atoms with Crippen LogP contribution in [0.2, 0.25) is 0 Å². The minimum absolute atomic E-state index is 0.0789. The van der Waals surface area contributed by atoms with Crippen LogP contribution in [0.5, 0.6) is 0 Å². The van der Waals surface area contributed by atoms with E-state index in [2.05, 4.69) is 36.2 Å². The van der Waals surface area contributed by atoms with Crippen molar-refractivity contribution in [1.29, 1.82) is 0 Å². The van der Waals surface area contributed by atoms with E-state index in [4.69, 9.17) is 0 Å². The number of nitrogens with zero attached hydrogens (tertiary/aromatic N) is 1. The molecule has 1 saturated heterocycles. The minimum Gasteiger partial charge on any atom is -0.349 e. The molecule has 3 rings (SSSR count). The standard InChI is InChI=1S/C19H24N2OS/c1-3-21-11-9-16(10-12-21)20-19(22)17-13-14(2)18(23-17)15-7-5-4-6-8-15/h4-8,13,16H,3,9-12H2,1-2H3,(H,20,22). The van der Waals surface area contributed by atoms with Gasteiger partial charge in [-0.05, 0) is 43.5 Å². The molecule has 1 fully saturated rings. The van der Waals surface area contributed by atoms with Gasteiger partial charge in [0.25, 0.3) is 5.91 Å². The quantitative estimate of drug-likeness (QED) is 0.922. The predicted molar refractivity (Wildman–Crippen MR) is 97.1 cm³/mol. The first kappa shape index (κ1) is 16.2. The molecule has 0 radical (unpaired) electrons. The van der Waals surface area contributed by atoms with Gasteiger partial charge in [-0.25, -0.2) is 0 Å². The smallest absolute Gasteiger partial charge is 0.261 e. The first-order valence-electron chi connectivity index (χ1n) is 8.36. The molecule has 1 amide bonds. The molecular weight excluding hydrogens is 304 g/mol. The van der Waals surface area contributed by atoms with Gasteiger partial charge in [0.1, 0.15) is 0 Å². The molecular formula is C19H24N2OS. The van der Waals surface area contributed by atoms with Gasteiger partial charge in [-0.2, -0.15) is 0 Å². The number of rotatable bonds is 4. The number of thiophene rings is 1. The molecule has 122 valence electrons. The molecule has 0 atom stereocenters. The summed E-state index contributed by atoms with van der Waals surface area (Å²) in [5.74, 6) is 0.0789. The lowest BCUT2D eigenvalue weighted by Gasteiger charge is -2.31. The van der Waals surface area contributed by atoms with E-state index in [1.54, 1.807) is 11.3 Å². The van der Waals surface area contributed by atoms with Gasteiger partial charge in [0, 0.05) is 24.0 Å². The summed E-state index contributed by atoms with van der Waals surface area (Å²) in [4.78, 5) is 17.0. The van der Waals surface area contributed by atoms with E-state index in [0.717, 1.165) is 37.4 Å². The molecule has 1 aliphatic heterocycles. The first-order chi connectivity index (χ1) is 11.2. The van der Waals surface area contributed by atoms with Gasteiger partial charge >= 0.3 is 0 Å². The summed E-state index contributed by atoms with van der Waals surface area (Å²) in [5.41, 5.74) is 2.36. The number of amides is 1. The van der Waals surface area contributed by atoms with Crippen molar-refractivity contribution in [1.82, 2.24) is 10.2 Å². The van der Waals surface area contributed by atoms with Gasteiger partial charge < -0.3 is 10.2 Å². The molecule has 2 heterocycles. The third kappa shape index (κ3) is 3.82. The molecule has 1 N–H and O–H groups in total. The van der Waals surface area contributed by atoms with Crippen LogP contribution in [-0.2, 0) is 0 Å². The van der Waals surface area contributed by atoms with E-state index < -0.39 is 0 Å². The van der Waals surface area contributed by atoms with Crippen molar-refractivity contribution in [2.45, 2.75) is 32.7 Å². The molecule has 1 aromatic heterocycles. The summed E-state index contributed by atoms with van der Waals surface area (Å²) in [6.07, 6.45) is 2.10. The third-order valence-electron chi connectivity index (χ3n) is 4.55. The fraction of sp³-hybridized carbons (Fsp3) is 0.421. The van der Waals surface area contributed by atoms with Crippen LogP contribution >= 0.6 is 11.3 Å². The number of hydrogen-bond acceptors (Lipinski definition) is 3. The summed E-state index contributed by atoms with van der Waals surface area (Å²) in [6.45, 7) is 7.54. The van der Waals surface area contributed by atoms with Gasteiger partial charge in [-0.1, -0.05) is 37.3 Å². The number of carbonyl (C=O) groups is 1. The SMILES string of the molecule is CCN1CCC(NC(=O)c2cc(C)c(-c3ccccc3)s2)CC1. The number of piperidine rings is 1. The molecule has 0 bridgehead atoms. The molecule has 0 aliphatic carbocycles. The molecule has 4 heteroatoms. The van der Waals surface area contributed by atoms with Crippen LogP contribution in [0.1, 0.15) is 35.0 Å². The zero-order valence-corrected chi connectivity index (χ0v) is 14.7. The number of aryl methyl sites for hydroxylation is 1. The van der Waals surface area contributed by atoms with Crippen molar-refractivity contribution in [2.24, 2.45) is 0 Å². The van der Waals surface area contributed by atoms with Gasteiger partial charge in [-0.15, -0.1) is 11.3 Å². The Bertz CT molecular complexity index is 657. The number of benzene rings is 1. The predicted octanol–water partition coefficient (Wildman–Crippen LogP) is 3.94. The topological polar surface area (TPSA) is 32.3 Å². The second-order valence-electron chi connectivity index (χ2n) is 6.17. The van der Waals surface area contributed by atoms with Crippen molar-refractivity contribution in [3.63, 3.8) is 0 Å².